The van der Waals surface area contributed by atoms with E-state index in [4.69, 9.17) is 4.74 Å². The number of nitrogens with zero attached hydrogens (tertiary/aromatic N) is 3. The molecule has 8 heteroatoms. The largest absolute Gasteiger partial charge is 0.443 e. The number of hydrogen-bond acceptors (Lipinski definition) is 5. The molecule has 2 heterocycles. The van der Waals surface area contributed by atoms with E-state index in [0.717, 1.165) is 11.1 Å². The Hall–Kier alpha value is -2.90. The summed E-state index contributed by atoms with van der Waals surface area (Å²) < 4.78 is 5.21. The molecule has 8 nitrogen and oxygen atoms in total. The smallest absolute Gasteiger partial charge is 0.424 e. The minimum atomic E-state index is -0.993. The van der Waals surface area contributed by atoms with Crippen molar-refractivity contribution < 1.29 is 23.9 Å². The van der Waals surface area contributed by atoms with Crippen molar-refractivity contribution in [1.29, 1.82) is 0 Å². The van der Waals surface area contributed by atoms with Crippen molar-refractivity contribution in [3.8, 4) is 0 Å². The van der Waals surface area contributed by atoms with Crippen molar-refractivity contribution in [2.75, 3.05) is 13.6 Å². The normalized spacial score (nSPS) is 23.1. The van der Waals surface area contributed by atoms with Crippen LogP contribution in [0.5, 0.6) is 0 Å². The van der Waals surface area contributed by atoms with E-state index in [1.54, 1.807) is 32.7 Å². The first-order valence-corrected chi connectivity index (χ1v) is 9.69. The third-order valence-corrected chi connectivity index (χ3v) is 5.19. The number of ether oxygens (including phenoxy) is 1. The van der Waals surface area contributed by atoms with Gasteiger partial charge in [-0.1, -0.05) is 29.8 Å². The van der Waals surface area contributed by atoms with Gasteiger partial charge in [-0.25, -0.2) is 9.59 Å². The van der Waals surface area contributed by atoms with E-state index in [2.05, 4.69) is 0 Å². The second kappa shape index (κ2) is 7.50. The summed E-state index contributed by atoms with van der Waals surface area (Å²) in [7, 11) is 1.69. The van der Waals surface area contributed by atoms with Gasteiger partial charge in [-0.3, -0.25) is 9.59 Å². The van der Waals surface area contributed by atoms with Gasteiger partial charge < -0.3 is 14.5 Å². The third kappa shape index (κ3) is 4.11. The Bertz CT molecular complexity index is 843. The van der Waals surface area contributed by atoms with Gasteiger partial charge in [0, 0.05) is 20.0 Å². The summed E-state index contributed by atoms with van der Waals surface area (Å²) in [4.78, 5) is 54.1. The number of rotatable bonds is 2. The highest BCUT2D eigenvalue weighted by Crippen LogP contribution is 2.32. The molecule has 0 spiro atoms. The molecule has 0 saturated carbocycles. The molecule has 0 aliphatic carbocycles. The van der Waals surface area contributed by atoms with Crippen LogP contribution in [0.1, 0.15) is 50.8 Å². The van der Waals surface area contributed by atoms with Crippen LogP contribution in [0.25, 0.3) is 0 Å². The number of urea groups is 1. The number of amides is 5. The number of imide groups is 3. The van der Waals surface area contributed by atoms with Crippen molar-refractivity contribution >= 4 is 23.9 Å². The van der Waals surface area contributed by atoms with E-state index in [1.807, 2.05) is 31.2 Å². The number of piperidine rings is 1. The predicted octanol–water partition coefficient (Wildman–Crippen LogP) is 2.86. The van der Waals surface area contributed by atoms with Gasteiger partial charge >= 0.3 is 12.1 Å². The average Bonchev–Trinajstić information content (AvgIpc) is 2.90. The highest BCUT2D eigenvalue weighted by Gasteiger charge is 2.48. The lowest BCUT2D eigenvalue weighted by Crippen LogP contribution is -2.57. The average molecular weight is 401 g/mol. The molecule has 3 rings (SSSR count). The molecule has 156 valence electrons. The highest BCUT2D eigenvalue weighted by molar-refractivity contribution is 6.12. The molecule has 0 aromatic heterocycles. The summed E-state index contributed by atoms with van der Waals surface area (Å²) in [5, 5.41) is 0. The minimum absolute atomic E-state index is 0.00164. The van der Waals surface area contributed by atoms with Crippen molar-refractivity contribution in [1.82, 2.24) is 14.7 Å². The van der Waals surface area contributed by atoms with Gasteiger partial charge in [0.25, 0.3) is 5.91 Å². The maximum absolute atomic E-state index is 13.0. The Balaban J connectivity index is 1.81. The zero-order valence-electron chi connectivity index (χ0n) is 17.5. The van der Waals surface area contributed by atoms with Crippen LogP contribution in [0.15, 0.2) is 24.3 Å². The van der Waals surface area contributed by atoms with Gasteiger partial charge in [-0.15, -0.1) is 0 Å². The molecule has 2 atom stereocenters. The molecule has 2 saturated heterocycles. The number of benzene rings is 1. The van der Waals surface area contributed by atoms with Crippen LogP contribution in [0.2, 0.25) is 0 Å². The summed E-state index contributed by atoms with van der Waals surface area (Å²) in [5.41, 5.74) is 1.24. The summed E-state index contributed by atoms with van der Waals surface area (Å²) in [6.45, 7) is 7.28. The van der Waals surface area contributed by atoms with Gasteiger partial charge in [-0.05, 0) is 39.7 Å². The lowest BCUT2D eigenvalue weighted by molar-refractivity contribution is -0.150. The summed E-state index contributed by atoms with van der Waals surface area (Å²) >= 11 is 0. The molecule has 2 aliphatic rings. The maximum Gasteiger partial charge on any atom is 0.424 e. The molecule has 0 radical (unpaired) electrons. The van der Waals surface area contributed by atoms with E-state index in [1.165, 1.54) is 4.90 Å². The summed E-state index contributed by atoms with van der Waals surface area (Å²) in [6.07, 6.45) is -0.803. The Morgan fingerprint density at radius 1 is 1.07 bits per heavy atom. The Labute approximate surface area is 170 Å². The zero-order valence-corrected chi connectivity index (χ0v) is 17.5. The van der Waals surface area contributed by atoms with E-state index in [-0.39, 0.29) is 24.9 Å². The second-order valence-corrected chi connectivity index (χ2v) is 8.57. The molecule has 1 aromatic carbocycles. The molecular formula is C21H27N3O5. The molecule has 0 bridgehead atoms. The molecule has 29 heavy (non-hydrogen) atoms. The molecule has 2 aliphatic heterocycles. The highest BCUT2D eigenvalue weighted by atomic mass is 16.6. The molecule has 1 aromatic rings. The van der Waals surface area contributed by atoms with Gasteiger partial charge in [0.1, 0.15) is 11.6 Å². The predicted molar refractivity (Wildman–Crippen MR) is 105 cm³/mol. The fourth-order valence-corrected chi connectivity index (χ4v) is 3.66. The maximum atomic E-state index is 13.0. The van der Waals surface area contributed by atoms with Crippen LogP contribution >= 0.6 is 0 Å². The van der Waals surface area contributed by atoms with Crippen LogP contribution in [0.3, 0.4) is 0 Å². The van der Waals surface area contributed by atoms with Crippen LogP contribution in [-0.4, -0.2) is 63.9 Å². The molecule has 2 fully saturated rings. The first kappa shape index (κ1) is 20.8. The molecule has 5 amide bonds. The van der Waals surface area contributed by atoms with Crippen molar-refractivity contribution in [2.24, 2.45) is 0 Å². The van der Waals surface area contributed by atoms with E-state index in [0.29, 0.717) is 11.4 Å². The van der Waals surface area contributed by atoms with E-state index in [9.17, 15) is 19.2 Å². The molecular weight excluding hydrogens is 374 g/mol. The monoisotopic (exact) mass is 401 g/mol. The fraction of sp³-hybridized carbons (Fsp3) is 0.524. The third-order valence-electron chi connectivity index (χ3n) is 5.19. The molecule has 0 N–H and O–H groups in total. The lowest BCUT2D eigenvalue weighted by Gasteiger charge is -2.34. The Kier molecular flexibility index (Phi) is 5.38. The van der Waals surface area contributed by atoms with Crippen molar-refractivity contribution in [2.45, 2.75) is 58.2 Å². The summed E-state index contributed by atoms with van der Waals surface area (Å²) in [6, 6.07) is 6.51. The van der Waals surface area contributed by atoms with Gasteiger partial charge in [-0.2, -0.15) is 4.90 Å². The van der Waals surface area contributed by atoms with Crippen molar-refractivity contribution in [3.05, 3.63) is 35.4 Å². The fourth-order valence-electron chi connectivity index (χ4n) is 3.66. The van der Waals surface area contributed by atoms with Crippen molar-refractivity contribution in [3.63, 3.8) is 0 Å². The summed E-state index contributed by atoms with van der Waals surface area (Å²) in [5.74, 6) is -1.31. The second-order valence-electron chi connectivity index (χ2n) is 8.57. The Morgan fingerprint density at radius 2 is 1.69 bits per heavy atom. The van der Waals surface area contributed by atoms with E-state index >= 15 is 0 Å². The van der Waals surface area contributed by atoms with Gasteiger partial charge in [0.05, 0.1) is 6.04 Å². The number of likely N-dealkylation sites (N-methyl/N-ethyl adjacent to an activating group) is 1. The van der Waals surface area contributed by atoms with Crippen LogP contribution in [0.4, 0.5) is 9.59 Å². The number of hydrogen-bond donors (Lipinski definition) is 0. The van der Waals surface area contributed by atoms with Gasteiger partial charge in [0.15, 0.2) is 0 Å². The SMILES string of the molecule is Cc1ccc(C2CN(C3CCC(=O)N(C(=O)OC(C)(C)C)C3=O)C(=O)N2C)cc1. The Morgan fingerprint density at radius 3 is 2.28 bits per heavy atom. The van der Waals surface area contributed by atoms with Crippen LogP contribution in [-0.2, 0) is 14.3 Å². The standard InChI is InChI=1S/C21H27N3O5/c1-13-6-8-14(9-7-13)16-12-23(19(27)22(16)5)15-10-11-17(25)24(18(15)26)20(28)29-21(2,3)4/h6-9,15-16H,10-12H2,1-5H3. The first-order valence-electron chi connectivity index (χ1n) is 9.69. The number of aryl methyl sites for hydroxylation is 1. The zero-order chi connectivity index (χ0) is 21.5. The minimum Gasteiger partial charge on any atom is -0.443 e. The van der Waals surface area contributed by atoms with Gasteiger partial charge in [0.2, 0.25) is 5.91 Å². The lowest BCUT2D eigenvalue weighted by atomic mass is 10.0. The molecule has 2 unspecified atom stereocenters. The first-order chi connectivity index (χ1) is 13.5. The number of carbonyl (C=O) groups is 4. The van der Waals surface area contributed by atoms with Crippen LogP contribution in [0, 0.1) is 6.92 Å². The number of likely N-dealkylation sites (tertiary alicyclic amines) is 1. The number of carbonyl (C=O) groups excluding carboxylic acids is 4. The quantitative estimate of drug-likeness (QED) is 0.711. The topological polar surface area (TPSA) is 87.2 Å². The van der Waals surface area contributed by atoms with E-state index < -0.39 is 29.6 Å². The van der Waals surface area contributed by atoms with Crippen LogP contribution < -0.4 is 0 Å².